The Hall–Kier alpha value is -0.600. The number of nitrogens with one attached hydrogen (secondary N) is 1. The molecule has 0 aliphatic heterocycles. The van der Waals surface area contributed by atoms with Gasteiger partial charge in [-0.1, -0.05) is 46.6 Å². The Morgan fingerprint density at radius 1 is 1.42 bits per heavy atom. The zero-order valence-electron chi connectivity index (χ0n) is 12.1. The lowest BCUT2D eigenvalue weighted by Gasteiger charge is -2.27. The Morgan fingerprint density at radius 2 is 2.21 bits per heavy atom. The fourth-order valence-corrected chi connectivity index (χ4v) is 3.50. The summed E-state index contributed by atoms with van der Waals surface area (Å²) in [5.41, 5.74) is 2.91. The van der Waals surface area contributed by atoms with E-state index in [1.165, 1.54) is 18.4 Å². The third kappa shape index (κ3) is 4.47. The topological polar surface area (TPSA) is 12.0 Å². The predicted molar refractivity (Wildman–Crippen MR) is 86.2 cm³/mol. The molecule has 0 amide bonds. The van der Waals surface area contributed by atoms with Crippen LogP contribution in [-0.2, 0) is 0 Å². The monoisotopic (exact) mass is 321 g/mol. The van der Waals surface area contributed by atoms with Crippen LogP contribution >= 0.6 is 15.9 Å². The molecule has 0 radical (unpaired) electrons. The van der Waals surface area contributed by atoms with E-state index in [9.17, 15) is 0 Å². The summed E-state index contributed by atoms with van der Waals surface area (Å²) in [5.74, 6) is 1.52. The third-order valence-electron chi connectivity index (χ3n) is 3.95. The first-order chi connectivity index (χ1) is 9.04. The molecule has 2 rings (SSSR count). The van der Waals surface area contributed by atoms with Gasteiger partial charge in [0.2, 0.25) is 0 Å². The maximum Gasteiger partial charge on any atom is 0.0292 e. The molecule has 1 aliphatic rings. The first-order valence-electron chi connectivity index (χ1n) is 7.20. The van der Waals surface area contributed by atoms with Crippen molar-refractivity contribution in [1.82, 2.24) is 5.32 Å². The highest BCUT2D eigenvalue weighted by molar-refractivity contribution is 9.10. The Kier molecular flexibility index (Phi) is 5.23. The van der Waals surface area contributed by atoms with E-state index in [0.717, 1.165) is 22.9 Å². The smallest absolute Gasteiger partial charge is 0.0292 e. The molecule has 1 aromatic rings. The maximum absolute atomic E-state index is 3.69. The van der Waals surface area contributed by atoms with Crippen LogP contribution < -0.4 is 5.32 Å². The van der Waals surface area contributed by atoms with Gasteiger partial charge in [0, 0.05) is 10.5 Å². The quantitative estimate of drug-likeness (QED) is 0.761. The molecule has 0 saturated carbocycles. The molecule has 0 aromatic heterocycles. The van der Waals surface area contributed by atoms with Crippen LogP contribution in [0.4, 0.5) is 0 Å². The lowest BCUT2D eigenvalue weighted by molar-refractivity contribution is 0.366. The molecular formula is C17H24BrN. The van der Waals surface area contributed by atoms with E-state index in [0.29, 0.717) is 6.04 Å². The summed E-state index contributed by atoms with van der Waals surface area (Å²) in [6.45, 7) is 7.95. The minimum Gasteiger partial charge on any atom is -0.310 e. The molecule has 104 valence electrons. The molecule has 0 bridgehead atoms. The molecular weight excluding hydrogens is 298 g/mol. The largest absolute Gasteiger partial charge is 0.310 e. The first kappa shape index (κ1) is 14.8. The minimum absolute atomic E-state index is 0.416. The molecule has 0 fully saturated rings. The van der Waals surface area contributed by atoms with Crippen LogP contribution in [0.15, 0.2) is 40.4 Å². The lowest BCUT2D eigenvalue weighted by Crippen LogP contribution is -2.28. The van der Waals surface area contributed by atoms with Crippen molar-refractivity contribution in [1.29, 1.82) is 0 Å². The highest BCUT2D eigenvalue weighted by Crippen LogP contribution is 2.28. The SMILES string of the molecule is CC1=CC(C)CC(CN[C@H](C)c2cccc(Br)c2)C1. The number of rotatable bonds is 4. The van der Waals surface area contributed by atoms with Crippen molar-refractivity contribution in [3.63, 3.8) is 0 Å². The van der Waals surface area contributed by atoms with Gasteiger partial charge in [-0.15, -0.1) is 0 Å². The number of allylic oxidation sites excluding steroid dienone is 2. The van der Waals surface area contributed by atoms with Crippen molar-refractivity contribution in [2.45, 2.75) is 39.7 Å². The zero-order chi connectivity index (χ0) is 13.8. The normalized spacial score (nSPS) is 24.9. The van der Waals surface area contributed by atoms with E-state index >= 15 is 0 Å². The summed E-state index contributed by atoms with van der Waals surface area (Å²) in [7, 11) is 0. The van der Waals surface area contributed by atoms with Gasteiger partial charge in [0.05, 0.1) is 0 Å². The third-order valence-corrected chi connectivity index (χ3v) is 4.44. The molecule has 0 spiro atoms. The molecule has 1 nitrogen and oxygen atoms in total. The van der Waals surface area contributed by atoms with Crippen LogP contribution in [0.5, 0.6) is 0 Å². The van der Waals surface area contributed by atoms with Gasteiger partial charge in [0.25, 0.3) is 0 Å². The molecule has 2 unspecified atom stereocenters. The molecule has 3 atom stereocenters. The molecule has 1 N–H and O–H groups in total. The van der Waals surface area contributed by atoms with Gasteiger partial charge in [-0.25, -0.2) is 0 Å². The predicted octanol–water partition coefficient (Wildman–Crippen LogP) is 5.09. The zero-order valence-corrected chi connectivity index (χ0v) is 13.7. The lowest BCUT2D eigenvalue weighted by atomic mass is 9.83. The van der Waals surface area contributed by atoms with Gasteiger partial charge >= 0.3 is 0 Å². The Labute approximate surface area is 125 Å². The van der Waals surface area contributed by atoms with E-state index in [-0.39, 0.29) is 0 Å². The molecule has 0 heterocycles. The van der Waals surface area contributed by atoms with Crippen LogP contribution in [0, 0.1) is 11.8 Å². The Balaban J connectivity index is 1.87. The number of hydrogen-bond acceptors (Lipinski definition) is 1. The molecule has 19 heavy (non-hydrogen) atoms. The van der Waals surface area contributed by atoms with Gasteiger partial charge in [-0.2, -0.15) is 0 Å². The summed E-state index contributed by atoms with van der Waals surface area (Å²) >= 11 is 3.54. The summed E-state index contributed by atoms with van der Waals surface area (Å²) in [5, 5.41) is 3.69. The van der Waals surface area contributed by atoms with Gasteiger partial charge < -0.3 is 5.32 Å². The van der Waals surface area contributed by atoms with Crippen LogP contribution in [0.25, 0.3) is 0 Å². The van der Waals surface area contributed by atoms with Crippen molar-refractivity contribution in [3.8, 4) is 0 Å². The van der Waals surface area contributed by atoms with E-state index in [1.54, 1.807) is 5.57 Å². The molecule has 2 heteroatoms. The molecule has 1 aromatic carbocycles. The van der Waals surface area contributed by atoms with Crippen molar-refractivity contribution in [2.75, 3.05) is 6.54 Å². The fraction of sp³-hybridized carbons (Fsp3) is 0.529. The summed E-state index contributed by atoms with van der Waals surface area (Å²) in [6, 6.07) is 8.99. The second-order valence-electron chi connectivity index (χ2n) is 5.98. The molecule has 0 saturated heterocycles. The number of halogens is 1. The van der Waals surface area contributed by atoms with Crippen molar-refractivity contribution < 1.29 is 0 Å². The Morgan fingerprint density at radius 3 is 2.89 bits per heavy atom. The van der Waals surface area contributed by atoms with Crippen LogP contribution in [-0.4, -0.2) is 6.54 Å². The van der Waals surface area contributed by atoms with E-state index in [4.69, 9.17) is 0 Å². The fourth-order valence-electron chi connectivity index (χ4n) is 3.08. The van der Waals surface area contributed by atoms with Gasteiger partial charge in [0.15, 0.2) is 0 Å². The minimum atomic E-state index is 0.416. The van der Waals surface area contributed by atoms with Gasteiger partial charge in [0.1, 0.15) is 0 Å². The van der Waals surface area contributed by atoms with Crippen molar-refractivity contribution in [3.05, 3.63) is 46.0 Å². The van der Waals surface area contributed by atoms with Gasteiger partial charge in [-0.05, 0) is 62.8 Å². The van der Waals surface area contributed by atoms with E-state index in [1.807, 2.05) is 0 Å². The van der Waals surface area contributed by atoms with E-state index in [2.05, 4.69) is 72.4 Å². The first-order valence-corrected chi connectivity index (χ1v) is 8.00. The maximum atomic E-state index is 3.69. The Bertz CT molecular complexity index is 452. The van der Waals surface area contributed by atoms with Gasteiger partial charge in [-0.3, -0.25) is 0 Å². The standard InChI is InChI=1S/C17H24BrN/c1-12-7-13(2)9-15(8-12)11-19-14(3)16-5-4-6-17(18)10-16/h4-7,10,12,14-15,19H,8-9,11H2,1-3H3/t12?,14-,15?/m1/s1. The van der Waals surface area contributed by atoms with Crippen molar-refractivity contribution >= 4 is 15.9 Å². The second kappa shape index (κ2) is 6.71. The van der Waals surface area contributed by atoms with Crippen LogP contribution in [0.3, 0.4) is 0 Å². The van der Waals surface area contributed by atoms with Crippen molar-refractivity contribution in [2.24, 2.45) is 11.8 Å². The summed E-state index contributed by atoms with van der Waals surface area (Å²) in [6.07, 6.45) is 4.99. The highest BCUT2D eigenvalue weighted by atomic mass is 79.9. The average molecular weight is 322 g/mol. The number of hydrogen-bond donors (Lipinski definition) is 1. The van der Waals surface area contributed by atoms with Crippen LogP contribution in [0.1, 0.15) is 45.2 Å². The van der Waals surface area contributed by atoms with Crippen LogP contribution in [0.2, 0.25) is 0 Å². The summed E-state index contributed by atoms with van der Waals surface area (Å²) in [4.78, 5) is 0. The summed E-state index contributed by atoms with van der Waals surface area (Å²) < 4.78 is 1.16. The average Bonchev–Trinajstić information content (AvgIpc) is 2.35. The second-order valence-corrected chi connectivity index (χ2v) is 6.90. The highest BCUT2D eigenvalue weighted by Gasteiger charge is 2.18. The molecule has 1 aliphatic carbocycles. The van der Waals surface area contributed by atoms with E-state index < -0.39 is 0 Å². The number of benzene rings is 1.